The molecule has 3 rings (SSSR count). The van der Waals surface area contributed by atoms with E-state index in [0.717, 1.165) is 5.39 Å². The summed E-state index contributed by atoms with van der Waals surface area (Å²) in [4.78, 5) is 15.8. The maximum atomic E-state index is 12.6. The number of benzene rings is 2. The molecule has 0 unspecified atom stereocenters. The summed E-state index contributed by atoms with van der Waals surface area (Å²) >= 11 is 0. The molecule has 1 heterocycles. The normalized spacial score (nSPS) is 11.2. The number of esters is 1. The predicted octanol–water partition coefficient (Wildman–Crippen LogP) is 2.82. The molecule has 24 heavy (non-hydrogen) atoms. The van der Waals surface area contributed by atoms with Crippen LogP contribution in [0.3, 0.4) is 0 Å². The van der Waals surface area contributed by atoms with Crippen LogP contribution in [0.5, 0.6) is 0 Å². The first kappa shape index (κ1) is 15.9. The number of aromatic nitrogens is 1. The SMILES string of the molecule is COC(=O)c1cccc(S(=O)(=O)Nc2cccc3cccnc23)c1. The second kappa shape index (κ2) is 6.29. The number of pyridine rings is 1. The summed E-state index contributed by atoms with van der Waals surface area (Å²) in [5.41, 5.74) is 1.08. The molecule has 0 saturated heterocycles. The van der Waals surface area contributed by atoms with E-state index >= 15 is 0 Å². The summed E-state index contributed by atoms with van der Waals surface area (Å²) < 4.78 is 32.4. The third-order valence-electron chi connectivity index (χ3n) is 3.44. The highest BCUT2D eigenvalue weighted by Gasteiger charge is 2.18. The van der Waals surface area contributed by atoms with Crippen LogP contribution in [0.1, 0.15) is 10.4 Å². The van der Waals surface area contributed by atoms with Gasteiger partial charge in [0.1, 0.15) is 0 Å². The zero-order valence-corrected chi connectivity index (χ0v) is 13.6. The Balaban J connectivity index is 2.01. The molecule has 0 bridgehead atoms. The van der Waals surface area contributed by atoms with E-state index in [-0.39, 0.29) is 10.5 Å². The molecule has 0 fully saturated rings. The average Bonchev–Trinajstić information content (AvgIpc) is 2.61. The van der Waals surface area contributed by atoms with Crippen LogP contribution in [0.2, 0.25) is 0 Å². The van der Waals surface area contributed by atoms with E-state index in [1.165, 1.54) is 31.4 Å². The van der Waals surface area contributed by atoms with Crippen LogP contribution in [-0.4, -0.2) is 26.5 Å². The molecule has 0 saturated carbocycles. The molecule has 0 spiro atoms. The molecule has 0 aliphatic carbocycles. The van der Waals surface area contributed by atoms with E-state index in [2.05, 4.69) is 14.4 Å². The average molecular weight is 342 g/mol. The molecule has 0 atom stereocenters. The van der Waals surface area contributed by atoms with Gasteiger partial charge in [0.05, 0.1) is 28.8 Å². The van der Waals surface area contributed by atoms with Crippen molar-refractivity contribution in [3.63, 3.8) is 0 Å². The minimum Gasteiger partial charge on any atom is -0.465 e. The molecule has 2 aromatic carbocycles. The maximum absolute atomic E-state index is 12.6. The molecule has 7 heteroatoms. The lowest BCUT2D eigenvalue weighted by molar-refractivity contribution is 0.0600. The lowest BCUT2D eigenvalue weighted by atomic mass is 10.2. The molecule has 1 N–H and O–H groups in total. The van der Waals surface area contributed by atoms with Gasteiger partial charge in [0, 0.05) is 11.6 Å². The molecule has 0 aliphatic heterocycles. The van der Waals surface area contributed by atoms with Gasteiger partial charge in [-0.2, -0.15) is 0 Å². The Kier molecular flexibility index (Phi) is 4.18. The van der Waals surface area contributed by atoms with Crippen molar-refractivity contribution in [3.8, 4) is 0 Å². The molecule has 122 valence electrons. The summed E-state index contributed by atoms with van der Waals surface area (Å²) in [6, 6.07) is 14.5. The molecule has 6 nitrogen and oxygen atoms in total. The minimum absolute atomic E-state index is 0.0293. The van der Waals surface area contributed by atoms with Gasteiger partial charge in [0.2, 0.25) is 0 Å². The molecule has 0 radical (unpaired) electrons. The number of carbonyl (C=O) groups is 1. The fourth-order valence-corrected chi connectivity index (χ4v) is 3.41. The van der Waals surface area contributed by atoms with E-state index in [4.69, 9.17) is 0 Å². The second-order valence-corrected chi connectivity index (χ2v) is 6.69. The van der Waals surface area contributed by atoms with Crippen molar-refractivity contribution < 1.29 is 17.9 Å². The first-order valence-corrected chi connectivity index (χ1v) is 8.54. The van der Waals surface area contributed by atoms with Crippen LogP contribution in [-0.2, 0) is 14.8 Å². The number of sulfonamides is 1. The van der Waals surface area contributed by atoms with Gasteiger partial charge >= 0.3 is 5.97 Å². The summed E-state index contributed by atoms with van der Waals surface area (Å²) in [6.07, 6.45) is 1.60. The molecule has 3 aromatic rings. The Labute approximate surface area is 139 Å². The summed E-state index contributed by atoms with van der Waals surface area (Å²) in [6.45, 7) is 0. The van der Waals surface area contributed by atoms with Crippen LogP contribution in [0.4, 0.5) is 5.69 Å². The summed E-state index contributed by atoms with van der Waals surface area (Å²) in [7, 11) is -2.63. The van der Waals surface area contributed by atoms with Gasteiger partial charge in [-0.05, 0) is 30.3 Å². The number of rotatable bonds is 4. The van der Waals surface area contributed by atoms with Crippen LogP contribution in [0.15, 0.2) is 65.7 Å². The Bertz CT molecular complexity index is 1010. The molecule has 1 aromatic heterocycles. The molecular formula is C17H14N2O4S. The zero-order valence-electron chi connectivity index (χ0n) is 12.8. The van der Waals surface area contributed by atoms with E-state index in [1.807, 2.05) is 12.1 Å². The summed E-state index contributed by atoms with van der Waals surface area (Å²) in [5, 5.41) is 0.820. The maximum Gasteiger partial charge on any atom is 0.337 e. The van der Waals surface area contributed by atoms with Gasteiger partial charge in [-0.25, -0.2) is 13.2 Å². The van der Waals surface area contributed by atoms with Crippen molar-refractivity contribution in [1.82, 2.24) is 4.98 Å². The predicted molar refractivity (Wildman–Crippen MR) is 90.3 cm³/mol. The standard InChI is InChI=1S/C17H14N2O4S/c1-23-17(20)13-6-2-8-14(11-13)24(21,22)19-15-9-3-5-12-7-4-10-18-16(12)15/h2-11,19H,1H3. The number of anilines is 1. The van der Waals surface area contributed by atoms with Crippen molar-refractivity contribution in [3.05, 3.63) is 66.4 Å². The minimum atomic E-state index is -3.87. The van der Waals surface area contributed by atoms with E-state index in [1.54, 1.807) is 24.4 Å². The lowest BCUT2D eigenvalue weighted by Gasteiger charge is -2.10. The van der Waals surface area contributed by atoms with E-state index < -0.39 is 16.0 Å². The zero-order chi connectivity index (χ0) is 17.2. The molecule has 0 aliphatic rings. The number of ether oxygens (including phenoxy) is 1. The van der Waals surface area contributed by atoms with Gasteiger partial charge in [0.25, 0.3) is 10.0 Å². The van der Waals surface area contributed by atoms with Crippen LogP contribution < -0.4 is 4.72 Å². The van der Waals surface area contributed by atoms with Crippen LogP contribution in [0.25, 0.3) is 10.9 Å². The third kappa shape index (κ3) is 3.07. The largest absolute Gasteiger partial charge is 0.465 e. The first-order valence-electron chi connectivity index (χ1n) is 7.06. The summed E-state index contributed by atoms with van der Waals surface area (Å²) in [5.74, 6) is -0.598. The number of para-hydroxylation sites is 1. The van der Waals surface area contributed by atoms with Crippen molar-refractivity contribution in [2.75, 3.05) is 11.8 Å². The Morgan fingerprint density at radius 2 is 1.83 bits per heavy atom. The number of hydrogen-bond acceptors (Lipinski definition) is 5. The molecular weight excluding hydrogens is 328 g/mol. The van der Waals surface area contributed by atoms with Gasteiger partial charge in [-0.1, -0.05) is 24.3 Å². The van der Waals surface area contributed by atoms with Gasteiger partial charge in [-0.3, -0.25) is 9.71 Å². The van der Waals surface area contributed by atoms with Crippen LogP contribution >= 0.6 is 0 Å². The quantitative estimate of drug-likeness (QED) is 0.737. The lowest BCUT2D eigenvalue weighted by Crippen LogP contribution is -2.14. The Morgan fingerprint density at radius 1 is 1.08 bits per heavy atom. The fraction of sp³-hybridized carbons (Fsp3) is 0.0588. The monoisotopic (exact) mass is 342 g/mol. The van der Waals surface area contributed by atoms with E-state index in [9.17, 15) is 13.2 Å². The highest BCUT2D eigenvalue weighted by Crippen LogP contribution is 2.24. The topological polar surface area (TPSA) is 85.4 Å². The van der Waals surface area contributed by atoms with Gasteiger partial charge < -0.3 is 4.74 Å². The first-order chi connectivity index (χ1) is 11.5. The van der Waals surface area contributed by atoms with Crippen molar-refractivity contribution in [2.24, 2.45) is 0 Å². The Hall–Kier alpha value is -2.93. The van der Waals surface area contributed by atoms with Gasteiger partial charge in [0.15, 0.2) is 0 Å². The van der Waals surface area contributed by atoms with Gasteiger partial charge in [-0.15, -0.1) is 0 Å². The number of nitrogens with one attached hydrogen (secondary N) is 1. The van der Waals surface area contributed by atoms with Crippen molar-refractivity contribution in [1.29, 1.82) is 0 Å². The smallest absolute Gasteiger partial charge is 0.337 e. The number of fused-ring (bicyclic) bond motifs is 1. The van der Waals surface area contributed by atoms with Crippen molar-refractivity contribution in [2.45, 2.75) is 4.90 Å². The molecule has 0 amide bonds. The van der Waals surface area contributed by atoms with Crippen molar-refractivity contribution >= 4 is 32.6 Å². The highest BCUT2D eigenvalue weighted by atomic mass is 32.2. The van der Waals surface area contributed by atoms with Crippen LogP contribution in [0, 0.1) is 0 Å². The fourth-order valence-electron chi connectivity index (χ4n) is 2.30. The number of hydrogen-bond donors (Lipinski definition) is 1. The second-order valence-electron chi connectivity index (χ2n) is 5.01. The number of carbonyl (C=O) groups excluding carboxylic acids is 1. The Morgan fingerprint density at radius 3 is 2.62 bits per heavy atom. The number of nitrogens with zero attached hydrogens (tertiary/aromatic N) is 1. The third-order valence-corrected chi connectivity index (χ3v) is 4.81. The number of methoxy groups -OCH3 is 1. The highest BCUT2D eigenvalue weighted by molar-refractivity contribution is 7.92. The van der Waals surface area contributed by atoms with E-state index in [0.29, 0.717) is 11.2 Å².